The van der Waals surface area contributed by atoms with E-state index in [0.29, 0.717) is 0 Å². The number of hydrogen-bond acceptors (Lipinski definition) is 4. The van der Waals surface area contributed by atoms with Crippen molar-refractivity contribution in [2.45, 2.75) is 19.6 Å². The maximum absolute atomic E-state index is 12.2. The molecule has 5 nitrogen and oxygen atoms in total. The van der Waals surface area contributed by atoms with Crippen LogP contribution in [0, 0.1) is 6.92 Å². The summed E-state index contributed by atoms with van der Waals surface area (Å²) in [6.07, 6.45) is -1.81. The molecule has 0 fully saturated rings. The molecule has 0 heterocycles. The predicted molar refractivity (Wildman–Crippen MR) is 55.8 cm³/mol. The van der Waals surface area contributed by atoms with Gasteiger partial charge in [-0.05, 0) is 12.5 Å². The molecule has 1 aromatic rings. The molecule has 0 saturated heterocycles. The number of hydrogen-bond donors (Lipinski definition) is 2. The predicted octanol–water partition coefficient (Wildman–Crippen LogP) is 1.53. The molecule has 1 rings (SSSR count). The van der Waals surface area contributed by atoms with E-state index in [0.717, 1.165) is 0 Å². The van der Waals surface area contributed by atoms with E-state index < -0.39 is 30.0 Å². The van der Waals surface area contributed by atoms with Gasteiger partial charge in [-0.3, -0.25) is 4.79 Å². The monoisotopic (exact) mass is 260 g/mol. The van der Waals surface area contributed by atoms with Crippen LogP contribution in [-0.2, 0) is 4.79 Å². The van der Waals surface area contributed by atoms with E-state index in [2.05, 4.69) is 4.74 Å². The molecule has 0 aromatic heterocycles. The number of rotatable bonds is 5. The Hall–Kier alpha value is -2.02. The molecule has 1 atom stereocenters. The number of carbonyl (C=O) groups is 2. The zero-order valence-electron chi connectivity index (χ0n) is 9.26. The van der Waals surface area contributed by atoms with Crippen LogP contribution in [0.2, 0.25) is 0 Å². The van der Waals surface area contributed by atoms with Gasteiger partial charge in [-0.25, -0.2) is 4.79 Å². The molecule has 1 aromatic carbocycles. The van der Waals surface area contributed by atoms with E-state index in [4.69, 9.17) is 5.11 Å². The SMILES string of the molecule is Cc1ccc(C(O)C(=O)O)c(C=O)c1OC(F)F. The molecule has 0 bridgehead atoms. The summed E-state index contributed by atoms with van der Waals surface area (Å²) >= 11 is 0. The number of ether oxygens (including phenoxy) is 1. The molecule has 1 unspecified atom stereocenters. The van der Waals surface area contributed by atoms with Gasteiger partial charge in [0.2, 0.25) is 0 Å². The lowest BCUT2D eigenvalue weighted by Crippen LogP contribution is -2.15. The van der Waals surface area contributed by atoms with Gasteiger partial charge in [-0.15, -0.1) is 0 Å². The molecule has 98 valence electrons. The van der Waals surface area contributed by atoms with Crippen LogP contribution in [0.3, 0.4) is 0 Å². The second kappa shape index (κ2) is 5.54. The zero-order valence-corrected chi connectivity index (χ0v) is 9.26. The smallest absolute Gasteiger partial charge is 0.387 e. The standard InChI is InChI=1S/C11H10F2O5/c1-5-2-3-6(8(15)10(16)17)7(4-14)9(5)18-11(12)13/h2-4,8,11,15H,1H3,(H,16,17). The number of carboxylic acid groups (broad SMARTS) is 1. The molecule has 0 saturated carbocycles. The molecule has 0 aliphatic heterocycles. The lowest BCUT2D eigenvalue weighted by molar-refractivity contribution is -0.146. The third-order valence-corrected chi connectivity index (χ3v) is 2.28. The van der Waals surface area contributed by atoms with E-state index in [9.17, 15) is 23.5 Å². The van der Waals surface area contributed by atoms with Gasteiger partial charge >= 0.3 is 12.6 Å². The molecule has 18 heavy (non-hydrogen) atoms. The maximum atomic E-state index is 12.2. The van der Waals surface area contributed by atoms with Crippen LogP contribution in [0.25, 0.3) is 0 Å². The zero-order chi connectivity index (χ0) is 13.9. The van der Waals surface area contributed by atoms with Gasteiger partial charge < -0.3 is 14.9 Å². The molecule has 0 radical (unpaired) electrons. The number of benzene rings is 1. The highest BCUT2D eigenvalue weighted by Gasteiger charge is 2.24. The number of aliphatic hydroxyl groups excluding tert-OH is 1. The first-order valence-corrected chi connectivity index (χ1v) is 4.82. The van der Waals surface area contributed by atoms with E-state index in [1.54, 1.807) is 0 Å². The first-order valence-electron chi connectivity index (χ1n) is 4.82. The summed E-state index contributed by atoms with van der Waals surface area (Å²) in [6, 6.07) is 2.46. The third kappa shape index (κ3) is 2.80. The molecule has 0 aliphatic rings. The van der Waals surface area contributed by atoms with Gasteiger partial charge in [0.25, 0.3) is 0 Å². The van der Waals surface area contributed by atoms with E-state index in [-0.39, 0.29) is 17.4 Å². The van der Waals surface area contributed by atoms with Crippen molar-refractivity contribution in [1.82, 2.24) is 0 Å². The van der Waals surface area contributed by atoms with Crippen LogP contribution >= 0.6 is 0 Å². The lowest BCUT2D eigenvalue weighted by atomic mass is 9.99. The van der Waals surface area contributed by atoms with Crippen molar-refractivity contribution in [3.8, 4) is 5.75 Å². The van der Waals surface area contributed by atoms with Gasteiger partial charge in [0.05, 0.1) is 5.56 Å². The maximum Gasteiger partial charge on any atom is 0.387 e. The summed E-state index contributed by atoms with van der Waals surface area (Å²) in [4.78, 5) is 21.5. The highest BCUT2D eigenvalue weighted by molar-refractivity contribution is 5.86. The highest BCUT2D eigenvalue weighted by Crippen LogP contribution is 2.30. The Morgan fingerprint density at radius 2 is 2.06 bits per heavy atom. The quantitative estimate of drug-likeness (QED) is 0.784. The fourth-order valence-corrected chi connectivity index (χ4v) is 1.46. The summed E-state index contributed by atoms with van der Waals surface area (Å²) in [6.45, 7) is -1.73. The van der Waals surface area contributed by atoms with Crippen molar-refractivity contribution in [2.24, 2.45) is 0 Å². The second-order valence-corrected chi connectivity index (χ2v) is 3.45. The van der Waals surface area contributed by atoms with E-state index >= 15 is 0 Å². The number of alkyl halides is 2. The Morgan fingerprint density at radius 3 is 2.50 bits per heavy atom. The summed E-state index contributed by atoms with van der Waals surface area (Å²) in [5, 5.41) is 18.0. The van der Waals surface area contributed by atoms with Crippen LogP contribution < -0.4 is 4.74 Å². The van der Waals surface area contributed by atoms with Crippen LogP contribution in [0.5, 0.6) is 5.75 Å². The van der Waals surface area contributed by atoms with Crippen molar-refractivity contribution in [3.63, 3.8) is 0 Å². The molecular formula is C11H10F2O5. The van der Waals surface area contributed by atoms with Crippen LogP contribution in [-0.4, -0.2) is 29.1 Å². The third-order valence-electron chi connectivity index (χ3n) is 2.28. The Balaban J connectivity index is 3.37. The van der Waals surface area contributed by atoms with Crippen LogP contribution in [0.15, 0.2) is 12.1 Å². The lowest BCUT2D eigenvalue weighted by Gasteiger charge is -2.15. The molecular weight excluding hydrogens is 250 g/mol. The van der Waals surface area contributed by atoms with Crippen molar-refractivity contribution >= 4 is 12.3 Å². The van der Waals surface area contributed by atoms with Crippen molar-refractivity contribution in [3.05, 3.63) is 28.8 Å². The molecule has 7 heteroatoms. The largest absolute Gasteiger partial charge is 0.479 e. The minimum atomic E-state index is -3.15. The van der Waals surface area contributed by atoms with Gasteiger partial charge in [0.15, 0.2) is 12.4 Å². The van der Waals surface area contributed by atoms with Gasteiger partial charge in [0, 0.05) is 5.56 Å². The number of carbonyl (C=O) groups excluding carboxylic acids is 1. The van der Waals surface area contributed by atoms with Gasteiger partial charge in [-0.2, -0.15) is 8.78 Å². The summed E-state index contributed by atoms with van der Waals surface area (Å²) in [5.74, 6) is -2.03. The fraction of sp³-hybridized carbons (Fsp3) is 0.273. The highest BCUT2D eigenvalue weighted by atomic mass is 19.3. The molecule has 0 aliphatic carbocycles. The summed E-state index contributed by atoms with van der Waals surface area (Å²) < 4.78 is 28.6. The Morgan fingerprint density at radius 1 is 1.44 bits per heavy atom. The fourth-order valence-electron chi connectivity index (χ4n) is 1.46. The number of aliphatic hydroxyl groups is 1. The number of halogens is 2. The number of carboxylic acids is 1. The first-order chi connectivity index (χ1) is 8.38. The topological polar surface area (TPSA) is 83.8 Å². The van der Waals surface area contributed by atoms with Crippen LogP contribution in [0.1, 0.15) is 27.6 Å². The van der Waals surface area contributed by atoms with Crippen LogP contribution in [0.4, 0.5) is 8.78 Å². The molecule has 2 N–H and O–H groups in total. The Labute approximate surface area is 101 Å². The van der Waals surface area contributed by atoms with Gasteiger partial charge in [0.1, 0.15) is 5.75 Å². The summed E-state index contributed by atoms with van der Waals surface area (Å²) in [5.41, 5.74) is -0.456. The Kier molecular flexibility index (Phi) is 4.33. The minimum Gasteiger partial charge on any atom is -0.479 e. The number of aryl methyl sites for hydroxylation is 1. The first kappa shape index (κ1) is 14.0. The minimum absolute atomic E-state index is 0.173. The van der Waals surface area contributed by atoms with E-state index in [1.807, 2.05) is 0 Å². The van der Waals surface area contributed by atoms with E-state index in [1.165, 1.54) is 19.1 Å². The average Bonchev–Trinajstić information content (AvgIpc) is 2.30. The second-order valence-electron chi connectivity index (χ2n) is 3.45. The summed E-state index contributed by atoms with van der Waals surface area (Å²) in [7, 11) is 0. The van der Waals surface area contributed by atoms with Crippen molar-refractivity contribution in [2.75, 3.05) is 0 Å². The number of aldehydes is 1. The van der Waals surface area contributed by atoms with Crippen molar-refractivity contribution < 1.29 is 33.3 Å². The van der Waals surface area contributed by atoms with Crippen molar-refractivity contribution in [1.29, 1.82) is 0 Å². The average molecular weight is 260 g/mol. The Bertz CT molecular complexity index is 473. The van der Waals surface area contributed by atoms with Gasteiger partial charge in [-0.1, -0.05) is 12.1 Å². The number of aliphatic carboxylic acids is 1. The molecule has 0 spiro atoms. The molecule has 0 amide bonds. The normalized spacial score (nSPS) is 12.3.